The highest BCUT2D eigenvalue weighted by atomic mass is 33.1. The van der Waals surface area contributed by atoms with Gasteiger partial charge in [-0.1, -0.05) is 45.1 Å². The van der Waals surface area contributed by atoms with Gasteiger partial charge in [-0.15, -0.1) is 0 Å². The van der Waals surface area contributed by atoms with Crippen LogP contribution in [0.3, 0.4) is 0 Å². The Labute approximate surface area is 444 Å². The van der Waals surface area contributed by atoms with Crippen LogP contribution in [0.4, 0.5) is 0 Å². The van der Waals surface area contributed by atoms with Gasteiger partial charge < -0.3 is 91.5 Å². The van der Waals surface area contributed by atoms with E-state index in [0.29, 0.717) is 68.4 Å². The number of carboxylic acid groups (broad SMARTS) is 1. The van der Waals surface area contributed by atoms with Crippen molar-refractivity contribution in [1.82, 2.24) is 15.5 Å². The number of allylic oxidation sites excluding steroid dienone is 2. The van der Waals surface area contributed by atoms with Crippen molar-refractivity contribution in [1.29, 1.82) is 0 Å². The first-order valence-corrected chi connectivity index (χ1v) is 28.3. The maximum absolute atomic E-state index is 15.2. The summed E-state index contributed by atoms with van der Waals surface area (Å²) in [5, 5.41) is 92.9. The molecule has 2 aliphatic carbocycles. The van der Waals surface area contributed by atoms with E-state index in [2.05, 4.69) is 32.5 Å². The number of ether oxygens (including phenoxy) is 5. The Balaban J connectivity index is 1.38. The van der Waals surface area contributed by atoms with Crippen molar-refractivity contribution in [2.45, 2.75) is 138 Å². The number of carboxylic acids is 1. The second-order valence-corrected chi connectivity index (χ2v) is 23.2. The van der Waals surface area contributed by atoms with Crippen molar-refractivity contribution >= 4 is 45.4 Å². The topological polar surface area (TPSA) is 346 Å². The van der Waals surface area contributed by atoms with Gasteiger partial charge in [0.1, 0.15) is 18.3 Å². The molecule has 0 radical (unpaired) electrons. The van der Waals surface area contributed by atoms with Crippen LogP contribution in [0, 0.1) is 41.4 Å². The highest BCUT2D eigenvalue weighted by molar-refractivity contribution is 8.77. The lowest BCUT2D eigenvalue weighted by atomic mass is 9.76. The number of aliphatic imine (C=N–C) groups is 2. The molecular formula is C51H73N7O15S2. The smallest absolute Gasteiger partial charge is 0.339 e. The van der Waals surface area contributed by atoms with Gasteiger partial charge in [0.2, 0.25) is 12.1 Å². The third-order valence-corrected chi connectivity index (χ3v) is 18.2. The first-order valence-electron chi connectivity index (χ1n) is 25.9. The van der Waals surface area contributed by atoms with Gasteiger partial charge in [0, 0.05) is 74.2 Å². The number of guanidine groups is 2. The molecule has 0 spiro atoms. The Hall–Kier alpha value is -4.36. The minimum Gasteiger partial charge on any atom is -0.478 e. The maximum Gasteiger partial charge on any atom is 0.339 e. The van der Waals surface area contributed by atoms with Gasteiger partial charge >= 0.3 is 11.9 Å². The van der Waals surface area contributed by atoms with Gasteiger partial charge in [-0.2, -0.15) is 0 Å². The van der Waals surface area contributed by atoms with E-state index < -0.39 is 103 Å². The van der Waals surface area contributed by atoms with E-state index >= 15 is 4.79 Å². The van der Waals surface area contributed by atoms with E-state index in [-0.39, 0.29) is 72.9 Å². The minimum atomic E-state index is -2.99. The first-order chi connectivity index (χ1) is 36.0. The van der Waals surface area contributed by atoms with Gasteiger partial charge in [0.15, 0.2) is 24.3 Å². The summed E-state index contributed by atoms with van der Waals surface area (Å²) in [6, 6.07) is -0.910. The Morgan fingerprint density at radius 2 is 1.92 bits per heavy atom. The lowest BCUT2D eigenvalue weighted by Crippen LogP contribution is -2.69. The lowest BCUT2D eigenvalue weighted by Gasteiger charge is -2.48. The molecule has 14 N–H and O–H groups in total. The molecule has 3 fully saturated rings. The molecule has 0 aromatic carbocycles. The number of carbonyl (C=O) groups is 2. The van der Waals surface area contributed by atoms with Gasteiger partial charge in [-0.3, -0.25) is 9.98 Å². The van der Waals surface area contributed by atoms with Crippen molar-refractivity contribution in [2.75, 3.05) is 51.8 Å². The molecule has 75 heavy (non-hydrogen) atoms. The molecule has 8 aliphatic rings. The average Bonchev–Trinajstić information content (AvgIpc) is 4.04. The predicted molar refractivity (Wildman–Crippen MR) is 277 cm³/mol. The highest BCUT2D eigenvalue weighted by Gasteiger charge is 2.58. The zero-order chi connectivity index (χ0) is 53.6. The second kappa shape index (κ2) is 25.4. The SMILES string of the molecule is CC(C)OC1C(OC2OC=C3C(=O)OC4CCC(CO)C4CSSC4C(CC5CCN=C(N)N5)C#CC(=CC5=C(NC(N)=NCCCO)C(C(=O)O)=CN(C5)C4CO)C3C2C=C2CCCC2)OC(CO)C(O)C1(O)O. The standard InChI is InChI=1S/C51H73N7O15S2/c1-26(2)70-44-48(72-39(23-62)43(63)51(44,67)68)73-47-33(16-27-6-3-4-7-27)40-28-8-9-29(18-32-12-14-55-49(52)56-32)42(75-74-25-36-30(21-60)10-11-38(36)71-46(66)35(40)24-69-47)37(22-61)58-19-31(17-28)41(34(20-58)45(64)65)57-50(53)54-13-5-15-59/h16-17,20,24,26,29-30,32-33,36-40,42-44,47-48,59-63,67-68H,3-7,10-15,18-19,21-23,25H2,1-2H3,(H,64,65)(H3,52,55,56)(H3,53,54,57). The van der Waals surface area contributed by atoms with Crippen LogP contribution in [0.1, 0.15) is 71.6 Å². The van der Waals surface area contributed by atoms with Crippen LogP contribution in [0.2, 0.25) is 0 Å². The third kappa shape index (κ3) is 13.0. The van der Waals surface area contributed by atoms with Crippen molar-refractivity contribution in [3.05, 3.63) is 58.2 Å². The zero-order valence-electron chi connectivity index (χ0n) is 42.2. The summed E-state index contributed by atoms with van der Waals surface area (Å²) in [5.41, 5.74) is 14.3. The summed E-state index contributed by atoms with van der Waals surface area (Å²) in [5.74, 6) is -0.379. The molecule has 0 aromatic rings. The van der Waals surface area contributed by atoms with Gasteiger partial charge in [-0.25, -0.2) is 9.59 Å². The van der Waals surface area contributed by atoms with E-state index in [1.807, 2.05) is 6.08 Å². The predicted octanol–water partition coefficient (Wildman–Crippen LogP) is 0.0346. The number of nitrogens with two attached hydrogens (primary N) is 2. The number of fused-ring (bicyclic) bond motifs is 8. The summed E-state index contributed by atoms with van der Waals surface area (Å²) in [6.45, 7) is 2.41. The number of aliphatic hydroxyl groups excluding tert-OH is 5. The number of carbonyl (C=O) groups excluding carboxylic acids is 1. The largest absolute Gasteiger partial charge is 0.478 e. The first kappa shape index (κ1) is 56.8. The number of aliphatic carboxylic acids is 1. The number of nitrogens with one attached hydrogen (secondary N) is 2. The van der Waals surface area contributed by atoms with Crippen LogP contribution in [0.5, 0.6) is 0 Å². The van der Waals surface area contributed by atoms with Gasteiger partial charge in [0.05, 0.1) is 59.6 Å². The van der Waals surface area contributed by atoms with Crippen LogP contribution in [0.25, 0.3) is 0 Å². The number of rotatable bonds is 15. The fourth-order valence-electron chi connectivity index (χ4n) is 11.3. The zero-order valence-corrected chi connectivity index (χ0v) is 43.9. The number of aliphatic hydroxyl groups is 7. The van der Waals surface area contributed by atoms with Crippen LogP contribution in [-0.4, -0.2) is 188 Å². The molecule has 0 aromatic heterocycles. The Bertz CT molecular complexity index is 2360. The van der Waals surface area contributed by atoms with E-state index in [0.717, 1.165) is 18.4 Å². The second-order valence-electron chi connectivity index (χ2n) is 20.6. The van der Waals surface area contributed by atoms with E-state index in [1.54, 1.807) is 24.8 Å². The molecule has 22 nitrogen and oxygen atoms in total. The molecule has 0 amide bonds. The maximum atomic E-state index is 15.2. The highest BCUT2D eigenvalue weighted by Crippen LogP contribution is 2.48. The number of esters is 1. The van der Waals surface area contributed by atoms with Crippen LogP contribution in [0.15, 0.2) is 68.2 Å². The van der Waals surface area contributed by atoms with E-state index in [9.17, 15) is 45.6 Å². The fraction of sp³-hybridized carbons (Fsp3) is 0.686. The molecule has 14 unspecified atom stereocenters. The summed E-state index contributed by atoms with van der Waals surface area (Å²) in [4.78, 5) is 39.3. The molecule has 414 valence electrons. The number of hydrogen-bond donors (Lipinski definition) is 12. The number of hydrogen-bond acceptors (Lipinski definition) is 21. The molecule has 2 saturated carbocycles. The van der Waals surface area contributed by atoms with Crippen LogP contribution < -0.4 is 22.1 Å². The monoisotopic (exact) mass is 1090 g/mol. The molecule has 24 heteroatoms. The summed E-state index contributed by atoms with van der Waals surface area (Å²) >= 11 is 0. The van der Waals surface area contributed by atoms with Crippen molar-refractivity contribution in [2.24, 2.45) is 51.0 Å². The van der Waals surface area contributed by atoms with Crippen molar-refractivity contribution in [3.8, 4) is 11.8 Å². The molecule has 8 rings (SSSR count). The van der Waals surface area contributed by atoms with Crippen molar-refractivity contribution in [3.63, 3.8) is 0 Å². The number of nitrogens with zero attached hydrogens (tertiary/aromatic N) is 3. The van der Waals surface area contributed by atoms with E-state index in [4.69, 9.17) is 35.2 Å². The average molecular weight is 1090 g/mol. The Morgan fingerprint density at radius 3 is 2.61 bits per heavy atom. The van der Waals surface area contributed by atoms with Crippen LogP contribution >= 0.6 is 21.6 Å². The molecule has 14 atom stereocenters. The minimum absolute atomic E-state index is 0.00888. The Kier molecular flexibility index (Phi) is 19.3. The summed E-state index contributed by atoms with van der Waals surface area (Å²) < 4.78 is 31.7. The summed E-state index contributed by atoms with van der Waals surface area (Å²) in [6.07, 6.45) is 2.32. The van der Waals surface area contributed by atoms with Gasteiger partial charge in [-0.05, 0) is 89.2 Å². The summed E-state index contributed by atoms with van der Waals surface area (Å²) in [7, 11) is 3.02. The lowest BCUT2D eigenvalue weighted by molar-refractivity contribution is -0.413. The molecule has 6 aliphatic heterocycles. The van der Waals surface area contributed by atoms with Crippen LogP contribution in [-0.2, 0) is 33.3 Å². The Morgan fingerprint density at radius 1 is 1.13 bits per heavy atom. The third-order valence-electron chi connectivity index (χ3n) is 15.2. The normalized spacial score (nSPS) is 35.1. The quantitative estimate of drug-likeness (QED) is 0.0150. The fourth-order valence-corrected chi connectivity index (χ4v) is 14.8. The van der Waals surface area contributed by atoms with E-state index in [1.165, 1.54) is 34.0 Å². The molecule has 1 saturated heterocycles. The molecular weight excluding hydrogens is 1010 g/mol. The van der Waals surface area contributed by atoms with Crippen molar-refractivity contribution < 1.29 is 74.1 Å². The van der Waals surface area contributed by atoms with Gasteiger partial charge in [0.25, 0.3) is 0 Å². The molecule has 4 bridgehead atoms. The molecule has 6 heterocycles.